The van der Waals surface area contributed by atoms with Crippen molar-refractivity contribution >= 4 is 0 Å². The number of hydrogen-bond donors (Lipinski definition) is 1. The zero-order valence-electron chi connectivity index (χ0n) is 9.60. The molecule has 4 rings (SSSR count). The molecular formula is C14H22O. The van der Waals surface area contributed by atoms with Crippen LogP contribution >= 0.6 is 0 Å². The van der Waals surface area contributed by atoms with Gasteiger partial charge in [-0.05, 0) is 67.1 Å². The number of aliphatic hydroxyl groups is 1. The van der Waals surface area contributed by atoms with Gasteiger partial charge in [-0.3, -0.25) is 0 Å². The number of aliphatic hydroxyl groups excluding tert-OH is 1. The normalized spacial score (nSPS) is 65.2. The fraction of sp³-hybridized carbons (Fsp3) is 1.00. The second-order valence-electron chi connectivity index (χ2n) is 6.68. The molecule has 4 bridgehead atoms. The zero-order valence-corrected chi connectivity index (χ0v) is 9.60. The van der Waals surface area contributed by atoms with Crippen molar-refractivity contribution in [2.24, 2.45) is 41.4 Å². The Morgan fingerprint density at radius 2 is 1.67 bits per heavy atom. The highest BCUT2D eigenvalue weighted by Crippen LogP contribution is 2.69. The first-order valence-electron chi connectivity index (χ1n) is 6.97. The van der Waals surface area contributed by atoms with Crippen LogP contribution in [0.4, 0.5) is 0 Å². The maximum absolute atomic E-state index is 10.1. The molecule has 0 aliphatic heterocycles. The monoisotopic (exact) mass is 206 g/mol. The first kappa shape index (κ1) is 9.04. The fourth-order valence-electron chi connectivity index (χ4n) is 6.17. The summed E-state index contributed by atoms with van der Waals surface area (Å²) in [5.74, 6) is 6.71. The molecular weight excluding hydrogens is 184 g/mol. The molecule has 0 radical (unpaired) electrons. The molecule has 8 atom stereocenters. The minimum Gasteiger partial charge on any atom is -0.393 e. The van der Waals surface area contributed by atoms with Crippen LogP contribution in [0.25, 0.3) is 0 Å². The topological polar surface area (TPSA) is 20.2 Å². The Kier molecular flexibility index (Phi) is 1.68. The summed E-state index contributed by atoms with van der Waals surface area (Å²) in [5.41, 5.74) is 0. The van der Waals surface area contributed by atoms with Gasteiger partial charge in [0.25, 0.3) is 0 Å². The summed E-state index contributed by atoms with van der Waals surface area (Å²) in [6.45, 7) is 2.37. The van der Waals surface area contributed by atoms with E-state index in [0.29, 0.717) is 5.92 Å². The van der Waals surface area contributed by atoms with Gasteiger partial charge in [0.1, 0.15) is 0 Å². The summed E-state index contributed by atoms with van der Waals surface area (Å²) >= 11 is 0. The molecule has 0 spiro atoms. The van der Waals surface area contributed by atoms with E-state index in [4.69, 9.17) is 0 Å². The van der Waals surface area contributed by atoms with Crippen LogP contribution in [0.5, 0.6) is 0 Å². The van der Waals surface area contributed by atoms with Crippen LogP contribution in [-0.4, -0.2) is 11.2 Å². The van der Waals surface area contributed by atoms with E-state index in [9.17, 15) is 5.11 Å². The van der Waals surface area contributed by atoms with E-state index >= 15 is 0 Å². The average Bonchev–Trinajstić information content (AvgIpc) is 2.91. The van der Waals surface area contributed by atoms with Gasteiger partial charge in [0, 0.05) is 0 Å². The van der Waals surface area contributed by atoms with Crippen molar-refractivity contribution in [3.63, 3.8) is 0 Å². The molecule has 0 aromatic heterocycles. The third kappa shape index (κ3) is 0.945. The summed E-state index contributed by atoms with van der Waals surface area (Å²) in [5, 5.41) is 10.1. The van der Waals surface area contributed by atoms with Gasteiger partial charge in [0.05, 0.1) is 6.10 Å². The van der Waals surface area contributed by atoms with Gasteiger partial charge >= 0.3 is 0 Å². The van der Waals surface area contributed by atoms with Crippen molar-refractivity contribution in [2.45, 2.75) is 45.1 Å². The molecule has 0 saturated heterocycles. The lowest BCUT2D eigenvalue weighted by Crippen LogP contribution is -2.37. The lowest BCUT2D eigenvalue weighted by atomic mass is 9.66. The SMILES string of the molecule is CCC1CC2CC1C1C3CC(CC3O)C21. The van der Waals surface area contributed by atoms with Crippen molar-refractivity contribution in [1.82, 2.24) is 0 Å². The molecule has 1 nitrogen and oxygen atoms in total. The molecule has 0 heterocycles. The molecule has 4 aliphatic carbocycles. The predicted molar refractivity (Wildman–Crippen MR) is 59.2 cm³/mol. The van der Waals surface area contributed by atoms with E-state index in [1.165, 1.54) is 25.7 Å². The summed E-state index contributed by atoms with van der Waals surface area (Å²) in [7, 11) is 0. The van der Waals surface area contributed by atoms with Gasteiger partial charge < -0.3 is 5.11 Å². The standard InChI is InChI=1S/C14H22O/c1-2-7-3-8-4-10(7)14-11-5-9(13(8)14)6-12(11)15/h7-15H,2-6H2,1H3. The molecule has 0 aromatic rings. The smallest absolute Gasteiger partial charge is 0.0574 e. The molecule has 1 heteroatoms. The highest BCUT2D eigenvalue weighted by atomic mass is 16.3. The van der Waals surface area contributed by atoms with Crippen LogP contribution in [-0.2, 0) is 0 Å². The van der Waals surface area contributed by atoms with Crippen molar-refractivity contribution in [3.8, 4) is 0 Å². The molecule has 8 unspecified atom stereocenters. The van der Waals surface area contributed by atoms with Gasteiger partial charge in [-0.2, -0.15) is 0 Å². The van der Waals surface area contributed by atoms with Crippen molar-refractivity contribution < 1.29 is 5.11 Å². The summed E-state index contributed by atoms with van der Waals surface area (Å²) < 4.78 is 0. The van der Waals surface area contributed by atoms with Gasteiger partial charge in [0.2, 0.25) is 0 Å². The van der Waals surface area contributed by atoms with Crippen molar-refractivity contribution in [2.75, 3.05) is 0 Å². The molecule has 15 heavy (non-hydrogen) atoms. The van der Waals surface area contributed by atoms with E-state index in [-0.39, 0.29) is 6.10 Å². The van der Waals surface area contributed by atoms with Crippen molar-refractivity contribution in [1.29, 1.82) is 0 Å². The lowest BCUT2D eigenvalue weighted by molar-refractivity contribution is 0.0131. The largest absolute Gasteiger partial charge is 0.393 e. The Morgan fingerprint density at radius 1 is 0.933 bits per heavy atom. The van der Waals surface area contributed by atoms with E-state index in [2.05, 4.69) is 6.92 Å². The summed E-state index contributed by atoms with van der Waals surface area (Å²) in [6, 6.07) is 0. The second kappa shape index (κ2) is 2.80. The van der Waals surface area contributed by atoms with E-state index in [0.717, 1.165) is 41.9 Å². The van der Waals surface area contributed by atoms with E-state index in [1.54, 1.807) is 0 Å². The van der Waals surface area contributed by atoms with Crippen LogP contribution < -0.4 is 0 Å². The van der Waals surface area contributed by atoms with Gasteiger partial charge in [0.15, 0.2) is 0 Å². The van der Waals surface area contributed by atoms with Crippen LogP contribution in [0.2, 0.25) is 0 Å². The maximum atomic E-state index is 10.1. The molecule has 84 valence electrons. The van der Waals surface area contributed by atoms with E-state index < -0.39 is 0 Å². The van der Waals surface area contributed by atoms with Gasteiger partial charge in [-0.25, -0.2) is 0 Å². The number of fused-ring (bicyclic) bond motifs is 9. The first-order chi connectivity index (χ1) is 7.29. The first-order valence-corrected chi connectivity index (χ1v) is 6.97. The van der Waals surface area contributed by atoms with Crippen LogP contribution in [0.15, 0.2) is 0 Å². The lowest BCUT2D eigenvalue weighted by Gasteiger charge is -2.40. The molecule has 0 amide bonds. The minimum absolute atomic E-state index is 0.0770. The minimum atomic E-state index is 0.0770. The van der Waals surface area contributed by atoms with Crippen LogP contribution in [0.1, 0.15) is 39.0 Å². The zero-order chi connectivity index (χ0) is 10.2. The number of rotatable bonds is 1. The maximum Gasteiger partial charge on any atom is 0.0574 e. The summed E-state index contributed by atoms with van der Waals surface area (Å²) in [4.78, 5) is 0. The van der Waals surface area contributed by atoms with Crippen molar-refractivity contribution in [3.05, 3.63) is 0 Å². The third-order valence-corrected chi connectivity index (χ3v) is 6.45. The molecule has 1 N–H and O–H groups in total. The molecule has 4 aliphatic rings. The Bertz CT molecular complexity index is 287. The average molecular weight is 206 g/mol. The second-order valence-corrected chi connectivity index (χ2v) is 6.68. The summed E-state index contributed by atoms with van der Waals surface area (Å²) in [6.07, 6.45) is 7.03. The highest BCUT2D eigenvalue weighted by molar-refractivity contribution is 5.12. The Balaban J connectivity index is 1.67. The predicted octanol–water partition coefficient (Wildman–Crippen LogP) is 2.69. The molecule has 4 fully saturated rings. The van der Waals surface area contributed by atoms with Crippen LogP contribution in [0.3, 0.4) is 0 Å². The Hall–Kier alpha value is -0.0400. The van der Waals surface area contributed by atoms with Gasteiger partial charge in [-0.1, -0.05) is 13.3 Å². The van der Waals surface area contributed by atoms with Gasteiger partial charge in [-0.15, -0.1) is 0 Å². The fourth-order valence-corrected chi connectivity index (χ4v) is 6.17. The quantitative estimate of drug-likeness (QED) is 0.654. The highest BCUT2D eigenvalue weighted by Gasteiger charge is 2.63. The van der Waals surface area contributed by atoms with Crippen LogP contribution in [0, 0.1) is 41.4 Å². The Morgan fingerprint density at radius 3 is 2.47 bits per heavy atom. The number of hydrogen-bond acceptors (Lipinski definition) is 1. The molecule has 0 aromatic carbocycles. The molecule has 4 saturated carbocycles. The Labute approximate surface area is 92.3 Å². The third-order valence-electron chi connectivity index (χ3n) is 6.45. The van der Waals surface area contributed by atoms with E-state index in [1.807, 2.05) is 0 Å².